The second kappa shape index (κ2) is 5.45. The molecule has 0 saturated carbocycles. The van der Waals surface area contributed by atoms with E-state index in [9.17, 15) is 5.11 Å². The van der Waals surface area contributed by atoms with E-state index in [4.69, 9.17) is 0 Å². The zero-order chi connectivity index (χ0) is 13.1. The van der Waals surface area contributed by atoms with Crippen molar-refractivity contribution in [2.24, 2.45) is 0 Å². The molecular weight excluding hydrogens is 234 g/mol. The van der Waals surface area contributed by atoms with Gasteiger partial charge in [0.15, 0.2) is 0 Å². The number of fused-ring (bicyclic) bond motifs is 1. The summed E-state index contributed by atoms with van der Waals surface area (Å²) < 4.78 is 0. The van der Waals surface area contributed by atoms with Gasteiger partial charge in [-0.05, 0) is 48.6 Å². The van der Waals surface area contributed by atoms with Crippen molar-refractivity contribution >= 4 is 11.4 Å². The maximum atomic E-state index is 9.35. The van der Waals surface area contributed by atoms with Gasteiger partial charge in [-0.3, -0.25) is 0 Å². The molecule has 98 valence electrons. The maximum Gasteiger partial charge on any atom is 0.0682 e. The molecule has 0 bridgehead atoms. The molecule has 3 rings (SSSR count). The van der Waals surface area contributed by atoms with Gasteiger partial charge in [0, 0.05) is 17.9 Å². The number of aliphatic hydroxyl groups excluding tert-OH is 1. The summed E-state index contributed by atoms with van der Waals surface area (Å²) in [5.41, 5.74) is 4.87. The minimum absolute atomic E-state index is 0.107. The van der Waals surface area contributed by atoms with Crippen molar-refractivity contribution in [3.63, 3.8) is 0 Å². The molecule has 0 aromatic heterocycles. The Bertz CT molecular complexity index is 550. The Morgan fingerprint density at radius 2 is 1.84 bits per heavy atom. The van der Waals surface area contributed by atoms with Gasteiger partial charge in [0.05, 0.1) is 6.61 Å². The Balaban J connectivity index is 2.07. The molecule has 19 heavy (non-hydrogen) atoms. The Hall–Kier alpha value is -1.80. The summed E-state index contributed by atoms with van der Waals surface area (Å²) >= 11 is 0. The second-order valence-corrected chi connectivity index (χ2v) is 5.07. The fourth-order valence-electron chi connectivity index (χ4n) is 2.75. The Labute approximate surface area is 114 Å². The zero-order valence-electron chi connectivity index (χ0n) is 11.0. The van der Waals surface area contributed by atoms with Gasteiger partial charge in [-0.25, -0.2) is 0 Å². The smallest absolute Gasteiger partial charge is 0.0682 e. The lowest BCUT2D eigenvalue weighted by Crippen LogP contribution is -2.18. The predicted molar refractivity (Wildman–Crippen MR) is 78.8 cm³/mol. The van der Waals surface area contributed by atoms with Gasteiger partial charge in [-0.15, -0.1) is 0 Å². The molecule has 0 saturated heterocycles. The van der Waals surface area contributed by atoms with Crippen molar-refractivity contribution in [1.29, 1.82) is 0 Å². The van der Waals surface area contributed by atoms with Crippen LogP contribution in [0.3, 0.4) is 0 Å². The third-order valence-electron chi connectivity index (χ3n) is 3.77. The topological polar surface area (TPSA) is 23.5 Å². The fourth-order valence-corrected chi connectivity index (χ4v) is 2.75. The summed E-state index contributed by atoms with van der Waals surface area (Å²) in [4.78, 5) is 2.38. The highest BCUT2D eigenvalue weighted by molar-refractivity contribution is 5.67. The molecule has 1 heterocycles. The molecule has 0 aliphatic carbocycles. The van der Waals surface area contributed by atoms with Crippen molar-refractivity contribution in [2.75, 3.05) is 11.4 Å². The van der Waals surface area contributed by atoms with Crippen molar-refractivity contribution in [3.8, 4) is 0 Å². The Morgan fingerprint density at radius 1 is 1.00 bits per heavy atom. The molecule has 0 atom stereocenters. The van der Waals surface area contributed by atoms with Crippen LogP contribution in [0, 0.1) is 0 Å². The highest BCUT2D eigenvalue weighted by Gasteiger charge is 2.16. The zero-order valence-corrected chi connectivity index (χ0v) is 11.0. The van der Waals surface area contributed by atoms with Gasteiger partial charge >= 0.3 is 0 Å². The van der Waals surface area contributed by atoms with Gasteiger partial charge in [0.2, 0.25) is 0 Å². The highest BCUT2D eigenvalue weighted by atomic mass is 16.3. The highest BCUT2D eigenvalue weighted by Crippen LogP contribution is 2.33. The molecule has 0 unspecified atom stereocenters. The minimum Gasteiger partial charge on any atom is -0.392 e. The Kier molecular flexibility index (Phi) is 3.51. The molecule has 2 heteroatoms. The molecule has 2 aromatic rings. The average Bonchev–Trinajstić information content (AvgIpc) is 2.69. The van der Waals surface area contributed by atoms with Crippen LogP contribution in [-0.2, 0) is 13.0 Å². The predicted octanol–water partition coefficient (Wildman–Crippen LogP) is 3.65. The third kappa shape index (κ3) is 2.49. The monoisotopic (exact) mass is 253 g/mol. The van der Waals surface area contributed by atoms with Gasteiger partial charge < -0.3 is 10.0 Å². The largest absolute Gasteiger partial charge is 0.392 e. The summed E-state index contributed by atoms with van der Waals surface area (Å²) in [7, 11) is 0. The standard InChI is InChI=1S/C17H19NO/c19-13-14-9-10-15-6-4-5-11-18(17(15)12-14)16-7-2-1-3-8-16/h1-3,7-10,12,19H,4-6,11,13H2. The first kappa shape index (κ1) is 12.2. The van der Waals surface area contributed by atoms with Gasteiger partial charge in [-0.1, -0.05) is 30.3 Å². The number of rotatable bonds is 2. The molecule has 1 aliphatic heterocycles. The van der Waals surface area contributed by atoms with Crippen molar-refractivity contribution in [1.82, 2.24) is 0 Å². The number of anilines is 2. The quantitative estimate of drug-likeness (QED) is 0.883. The van der Waals surface area contributed by atoms with Crippen LogP contribution in [0.25, 0.3) is 0 Å². The summed E-state index contributed by atoms with van der Waals surface area (Å²) in [6, 6.07) is 16.8. The summed E-state index contributed by atoms with van der Waals surface area (Å²) in [6.45, 7) is 1.15. The van der Waals surface area contributed by atoms with Gasteiger partial charge in [0.25, 0.3) is 0 Å². The van der Waals surface area contributed by atoms with Gasteiger partial charge in [0.1, 0.15) is 0 Å². The van der Waals surface area contributed by atoms with E-state index >= 15 is 0 Å². The van der Waals surface area contributed by atoms with E-state index in [1.54, 1.807) is 0 Å². The molecule has 0 spiro atoms. The SMILES string of the molecule is OCc1ccc2c(c1)N(c1ccccc1)CCCC2. The number of benzene rings is 2. The number of hydrogen-bond donors (Lipinski definition) is 1. The first-order valence-electron chi connectivity index (χ1n) is 6.94. The van der Waals surface area contributed by atoms with Crippen LogP contribution in [0.2, 0.25) is 0 Å². The number of aliphatic hydroxyl groups is 1. The lowest BCUT2D eigenvalue weighted by molar-refractivity contribution is 0.282. The van der Waals surface area contributed by atoms with E-state index in [1.807, 2.05) is 12.1 Å². The first-order valence-corrected chi connectivity index (χ1v) is 6.94. The third-order valence-corrected chi connectivity index (χ3v) is 3.77. The summed E-state index contributed by atoms with van der Waals surface area (Å²) in [6.07, 6.45) is 3.57. The molecule has 0 fully saturated rings. The van der Waals surface area contributed by atoms with E-state index in [0.717, 1.165) is 18.5 Å². The van der Waals surface area contributed by atoms with Crippen LogP contribution in [-0.4, -0.2) is 11.7 Å². The van der Waals surface area contributed by atoms with E-state index in [0.29, 0.717) is 0 Å². The van der Waals surface area contributed by atoms with Crippen LogP contribution < -0.4 is 4.90 Å². The lowest BCUT2D eigenvalue weighted by atomic mass is 10.0. The van der Waals surface area contributed by atoms with Crippen molar-refractivity contribution in [2.45, 2.75) is 25.9 Å². The number of hydrogen-bond acceptors (Lipinski definition) is 2. The normalized spacial score (nSPS) is 14.9. The number of aryl methyl sites for hydroxylation is 1. The van der Waals surface area contributed by atoms with Crippen LogP contribution in [0.15, 0.2) is 48.5 Å². The summed E-state index contributed by atoms with van der Waals surface area (Å²) in [5, 5.41) is 9.35. The molecule has 0 amide bonds. The van der Waals surface area contributed by atoms with Gasteiger partial charge in [-0.2, -0.15) is 0 Å². The van der Waals surface area contributed by atoms with Crippen molar-refractivity contribution < 1.29 is 5.11 Å². The van der Waals surface area contributed by atoms with Crippen LogP contribution in [0.4, 0.5) is 11.4 Å². The molecule has 1 N–H and O–H groups in total. The van der Waals surface area contributed by atoms with E-state index in [2.05, 4.69) is 41.3 Å². The molecular formula is C17H19NO. The number of nitrogens with zero attached hydrogens (tertiary/aromatic N) is 1. The lowest BCUT2D eigenvalue weighted by Gasteiger charge is -2.25. The summed E-state index contributed by atoms with van der Waals surface area (Å²) in [5.74, 6) is 0. The second-order valence-electron chi connectivity index (χ2n) is 5.07. The van der Waals surface area contributed by atoms with Crippen LogP contribution in [0.1, 0.15) is 24.0 Å². The van der Waals surface area contributed by atoms with Crippen LogP contribution in [0.5, 0.6) is 0 Å². The molecule has 1 aliphatic rings. The Morgan fingerprint density at radius 3 is 2.63 bits per heavy atom. The first-order chi connectivity index (χ1) is 9.38. The average molecular weight is 253 g/mol. The molecule has 2 aromatic carbocycles. The fraction of sp³-hybridized carbons (Fsp3) is 0.294. The van der Waals surface area contributed by atoms with E-state index in [-0.39, 0.29) is 6.61 Å². The van der Waals surface area contributed by atoms with Crippen molar-refractivity contribution in [3.05, 3.63) is 59.7 Å². The van der Waals surface area contributed by atoms with Crippen LogP contribution >= 0.6 is 0 Å². The maximum absolute atomic E-state index is 9.35. The molecule has 2 nitrogen and oxygen atoms in total. The van der Waals surface area contributed by atoms with E-state index in [1.165, 1.54) is 29.8 Å². The number of para-hydroxylation sites is 1. The van der Waals surface area contributed by atoms with E-state index < -0.39 is 0 Å². The minimum atomic E-state index is 0.107. The molecule has 0 radical (unpaired) electrons.